The van der Waals surface area contributed by atoms with E-state index in [1.165, 1.54) is 77.0 Å². The van der Waals surface area contributed by atoms with E-state index >= 15 is 0 Å². The molecule has 0 aliphatic heterocycles. The molecule has 0 heterocycles. The van der Waals surface area contributed by atoms with Gasteiger partial charge in [-0.25, -0.2) is 0 Å². The van der Waals surface area contributed by atoms with Crippen LogP contribution in [-0.4, -0.2) is 37.9 Å². The van der Waals surface area contributed by atoms with Crippen molar-refractivity contribution in [3.8, 4) is 0 Å². The molecule has 0 fully saturated rings. The zero-order valence-corrected chi connectivity index (χ0v) is 38.0. The molecule has 5 heteroatoms. The fourth-order valence-electron chi connectivity index (χ4n) is 6.30. The summed E-state index contributed by atoms with van der Waals surface area (Å²) >= 11 is 0. The van der Waals surface area contributed by atoms with Crippen LogP contribution in [0.25, 0.3) is 0 Å². The summed E-state index contributed by atoms with van der Waals surface area (Å²) in [5, 5.41) is 0. The van der Waals surface area contributed by atoms with Crippen LogP contribution in [0.5, 0.6) is 0 Å². The van der Waals surface area contributed by atoms with Crippen molar-refractivity contribution in [1.29, 1.82) is 0 Å². The minimum absolute atomic E-state index is 0.0624. The molecule has 0 amide bonds. The van der Waals surface area contributed by atoms with Crippen molar-refractivity contribution in [1.82, 2.24) is 0 Å². The van der Waals surface area contributed by atoms with Gasteiger partial charge in [0.2, 0.25) is 0 Å². The largest absolute Gasteiger partial charge is 0.462 e. The average Bonchev–Trinajstić information content (AvgIpc) is 3.22. The van der Waals surface area contributed by atoms with E-state index in [4.69, 9.17) is 14.2 Å². The van der Waals surface area contributed by atoms with Crippen molar-refractivity contribution in [2.24, 2.45) is 0 Å². The second kappa shape index (κ2) is 48.4. The number of hydrogen-bond acceptors (Lipinski definition) is 5. The first-order valence-electron chi connectivity index (χ1n) is 24.1. The first-order chi connectivity index (χ1) is 28.6. The number of unbranched alkanes of at least 4 members (excludes halogenated alkanes) is 18. The van der Waals surface area contributed by atoms with Crippen molar-refractivity contribution >= 4 is 11.9 Å². The van der Waals surface area contributed by atoms with E-state index in [1.54, 1.807) is 0 Å². The normalized spacial score (nSPS) is 12.9. The van der Waals surface area contributed by atoms with Gasteiger partial charge in [0.25, 0.3) is 0 Å². The van der Waals surface area contributed by atoms with Crippen LogP contribution in [0.15, 0.2) is 85.1 Å². The summed E-state index contributed by atoms with van der Waals surface area (Å²) in [6.45, 7) is 7.53. The maximum atomic E-state index is 12.8. The van der Waals surface area contributed by atoms with Gasteiger partial charge >= 0.3 is 11.9 Å². The van der Waals surface area contributed by atoms with Gasteiger partial charge in [0, 0.05) is 19.4 Å². The van der Waals surface area contributed by atoms with Crippen molar-refractivity contribution < 1.29 is 23.8 Å². The number of carbonyl (C=O) groups excluding carboxylic acids is 2. The Hall–Kier alpha value is -2.92. The minimum Gasteiger partial charge on any atom is -0.462 e. The van der Waals surface area contributed by atoms with Gasteiger partial charge < -0.3 is 14.2 Å². The molecule has 0 spiro atoms. The van der Waals surface area contributed by atoms with E-state index < -0.39 is 6.10 Å². The zero-order valence-electron chi connectivity index (χ0n) is 38.0. The third-order valence-electron chi connectivity index (χ3n) is 9.85. The van der Waals surface area contributed by atoms with E-state index in [0.29, 0.717) is 19.4 Å². The number of allylic oxidation sites excluding steroid dienone is 14. The van der Waals surface area contributed by atoms with Gasteiger partial charge in [-0.15, -0.1) is 0 Å². The molecule has 0 aliphatic rings. The van der Waals surface area contributed by atoms with E-state index in [9.17, 15) is 9.59 Å². The lowest BCUT2D eigenvalue weighted by molar-refractivity contribution is -0.163. The monoisotopic (exact) mass is 807 g/mol. The van der Waals surface area contributed by atoms with Crippen LogP contribution in [0.1, 0.15) is 213 Å². The highest BCUT2D eigenvalue weighted by molar-refractivity contribution is 5.70. The topological polar surface area (TPSA) is 61.8 Å². The summed E-state index contributed by atoms with van der Waals surface area (Å²) in [5.74, 6) is -0.443. The van der Waals surface area contributed by atoms with Gasteiger partial charge in [-0.2, -0.15) is 0 Å². The first kappa shape index (κ1) is 55.1. The highest BCUT2D eigenvalue weighted by Gasteiger charge is 2.17. The molecule has 0 bridgehead atoms. The molecule has 0 rings (SSSR count). The van der Waals surface area contributed by atoms with Gasteiger partial charge in [0.1, 0.15) is 6.61 Å². The smallest absolute Gasteiger partial charge is 0.306 e. The van der Waals surface area contributed by atoms with Crippen molar-refractivity contribution in [3.05, 3.63) is 85.1 Å². The summed E-state index contributed by atoms with van der Waals surface area (Å²) < 4.78 is 17.3. The molecule has 0 N–H and O–H groups in total. The number of hydrogen-bond donors (Lipinski definition) is 0. The summed E-state index contributed by atoms with van der Waals surface area (Å²) in [7, 11) is 0. The molecule has 1 atom stereocenters. The van der Waals surface area contributed by atoms with Gasteiger partial charge in [0.15, 0.2) is 6.10 Å². The third-order valence-corrected chi connectivity index (χ3v) is 9.85. The minimum atomic E-state index is -0.559. The Labute approximate surface area is 359 Å². The maximum absolute atomic E-state index is 12.8. The van der Waals surface area contributed by atoms with Gasteiger partial charge in [-0.05, 0) is 103 Å². The SMILES string of the molecule is CC/C=C\C/C=C\C/C=C\CCCCCCCC(=O)OCC(COCCCCCCCC/C=C\C/C=C\CCC)OC(=O)CCCCCCC/C=C\C/C=C\CCC. The Bertz CT molecular complexity index is 1090. The van der Waals surface area contributed by atoms with Crippen LogP contribution in [-0.2, 0) is 23.8 Å². The molecule has 0 saturated heterocycles. The molecule has 0 aromatic carbocycles. The number of carbonyl (C=O) groups is 2. The Kier molecular flexibility index (Phi) is 46.0. The predicted molar refractivity (Wildman–Crippen MR) is 251 cm³/mol. The van der Waals surface area contributed by atoms with Crippen LogP contribution < -0.4 is 0 Å². The first-order valence-corrected chi connectivity index (χ1v) is 24.1. The van der Waals surface area contributed by atoms with Gasteiger partial charge in [-0.3, -0.25) is 9.59 Å². The lowest BCUT2D eigenvalue weighted by Crippen LogP contribution is -2.30. The lowest BCUT2D eigenvalue weighted by Gasteiger charge is -2.18. The van der Waals surface area contributed by atoms with Crippen molar-refractivity contribution in [2.75, 3.05) is 19.8 Å². The highest BCUT2D eigenvalue weighted by Crippen LogP contribution is 2.13. The number of ether oxygens (including phenoxy) is 3. The van der Waals surface area contributed by atoms with Crippen molar-refractivity contribution in [3.63, 3.8) is 0 Å². The fourth-order valence-corrected chi connectivity index (χ4v) is 6.30. The summed E-state index contributed by atoms with van der Waals surface area (Å²) in [6, 6.07) is 0. The fraction of sp³-hybridized carbons (Fsp3) is 0.698. The van der Waals surface area contributed by atoms with Gasteiger partial charge in [0.05, 0.1) is 6.61 Å². The third kappa shape index (κ3) is 45.8. The molecule has 332 valence electrons. The van der Waals surface area contributed by atoms with Crippen LogP contribution in [0.4, 0.5) is 0 Å². The highest BCUT2D eigenvalue weighted by atomic mass is 16.6. The van der Waals surface area contributed by atoms with Crippen molar-refractivity contribution in [2.45, 2.75) is 219 Å². The summed E-state index contributed by atoms with van der Waals surface area (Å²) in [4.78, 5) is 25.3. The van der Waals surface area contributed by atoms with Crippen LogP contribution in [0.3, 0.4) is 0 Å². The molecule has 0 radical (unpaired) electrons. The van der Waals surface area contributed by atoms with E-state index in [2.05, 4.69) is 106 Å². The molecule has 5 nitrogen and oxygen atoms in total. The molecule has 0 aromatic rings. The quantitative estimate of drug-likeness (QED) is 0.0349. The number of esters is 2. The van der Waals surface area contributed by atoms with E-state index in [0.717, 1.165) is 103 Å². The molecular formula is C53H90O5. The van der Waals surface area contributed by atoms with E-state index in [1.807, 2.05) is 0 Å². The Morgan fingerprint density at radius 2 is 0.776 bits per heavy atom. The summed E-state index contributed by atoms with van der Waals surface area (Å²) in [6.07, 6.45) is 62.9. The maximum Gasteiger partial charge on any atom is 0.306 e. The van der Waals surface area contributed by atoms with Crippen LogP contribution >= 0.6 is 0 Å². The second-order valence-electron chi connectivity index (χ2n) is 15.6. The molecule has 0 aliphatic carbocycles. The lowest BCUT2D eigenvalue weighted by atomic mass is 10.1. The average molecular weight is 807 g/mol. The molecule has 1 unspecified atom stereocenters. The molecular weight excluding hydrogens is 717 g/mol. The predicted octanol–water partition coefficient (Wildman–Crippen LogP) is 16.1. The van der Waals surface area contributed by atoms with Gasteiger partial charge in [-0.1, -0.05) is 183 Å². The molecule has 0 saturated carbocycles. The Morgan fingerprint density at radius 3 is 1.24 bits per heavy atom. The van der Waals surface area contributed by atoms with E-state index in [-0.39, 0.29) is 25.2 Å². The Balaban J connectivity index is 4.34. The Morgan fingerprint density at radius 1 is 0.397 bits per heavy atom. The standard InChI is InChI=1S/C53H90O5/c1-4-7-10-13-16-19-22-25-27-29-31-34-37-40-43-46-52(54)57-50-51(49-56-48-45-42-39-36-33-30-26-23-20-17-14-11-8-5-2)58-53(55)47-44-41-38-35-32-28-24-21-18-15-12-9-6-3/h7,10-12,14-16,19-21,23-25,27,51H,4-6,8-9,13,17-18,22,26,28-50H2,1-3H3/b10-7-,14-11-,15-12-,19-16-,23-20-,24-21-,27-25-. The second-order valence-corrected chi connectivity index (χ2v) is 15.6. The summed E-state index contributed by atoms with van der Waals surface area (Å²) in [5.41, 5.74) is 0. The molecule has 58 heavy (non-hydrogen) atoms. The molecule has 0 aromatic heterocycles. The zero-order chi connectivity index (χ0) is 42.1. The van der Waals surface area contributed by atoms with Crippen LogP contribution in [0, 0.1) is 0 Å². The van der Waals surface area contributed by atoms with Crippen LogP contribution in [0.2, 0.25) is 0 Å². The number of rotatable bonds is 43.